The van der Waals surface area contributed by atoms with Gasteiger partial charge < -0.3 is 10.6 Å². The van der Waals surface area contributed by atoms with Crippen LogP contribution in [-0.4, -0.2) is 25.0 Å². The molecule has 0 aliphatic rings. The van der Waals surface area contributed by atoms with Gasteiger partial charge in [-0.05, 0) is 24.5 Å². The maximum atomic E-state index is 11.8. The molecule has 0 heterocycles. The van der Waals surface area contributed by atoms with Crippen molar-refractivity contribution in [1.29, 1.82) is 0 Å². The number of carbonyl (C=O) groups is 2. The van der Waals surface area contributed by atoms with Crippen molar-refractivity contribution in [2.24, 2.45) is 5.92 Å². The Kier molecular flexibility index (Phi) is 8.87. The zero-order chi connectivity index (χ0) is 17.2. The molecule has 128 valence electrons. The quantitative estimate of drug-likeness (QED) is 0.643. The largest absolute Gasteiger partial charge is 0.338 e. The fourth-order valence-corrected chi connectivity index (χ4v) is 2.46. The molecule has 0 saturated carbocycles. The maximum absolute atomic E-state index is 11.8. The van der Waals surface area contributed by atoms with Crippen molar-refractivity contribution in [3.05, 3.63) is 34.3 Å². The highest BCUT2D eigenvalue weighted by Crippen LogP contribution is 2.16. The van der Waals surface area contributed by atoms with E-state index in [1.807, 2.05) is 29.6 Å². The van der Waals surface area contributed by atoms with E-state index < -0.39 is 6.03 Å². The molecule has 1 rings (SSSR count). The minimum atomic E-state index is -0.416. The minimum Gasteiger partial charge on any atom is -0.338 e. The number of urea groups is 1. The van der Waals surface area contributed by atoms with Gasteiger partial charge in [-0.25, -0.2) is 4.79 Å². The third-order valence-electron chi connectivity index (χ3n) is 3.59. The fourth-order valence-electron chi connectivity index (χ4n) is 2.19. The van der Waals surface area contributed by atoms with Gasteiger partial charge in [0, 0.05) is 23.0 Å². The van der Waals surface area contributed by atoms with Crippen LogP contribution in [0.4, 0.5) is 4.79 Å². The Bertz CT molecular complexity index is 503. The Morgan fingerprint density at radius 3 is 2.43 bits per heavy atom. The second-order valence-electron chi connectivity index (χ2n) is 5.99. The number of amides is 3. The normalized spacial score (nSPS) is 12.0. The number of rotatable bonds is 8. The number of hydrogen-bond acceptors (Lipinski definition) is 2. The molecular weight excluding hydrogens is 358 g/mol. The molecule has 0 saturated heterocycles. The number of imide groups is 1. The summed E-state index contributed by atoms with van der Waals surface area (Å²) in [6, 6.07) is 7.87. The molecule has 6 heteroatoms. The van der Waals surface area contributed by atoms with E-state index in [0.29, 0.717) is 12.5 Å². The predicted octanol–water partition coefficient (Wildman–Crippen LogP) is 2.34. The van der Waals surface area contributed by atoms with Crippen LogP contribution in [0.1, 0.15) is 45.2 Å². The average Bonchev–Trinajstić information content (AvgIpc) is 2.49. The SMILES string of the molecule is CC[C@@H]([NH2+]CC(=O)NC(=O)NCCC(C)C)c1ccc(Br)cc1. The molecule has 3 amide bonds. The molecule has 5 nitrogen and oxygen atoms in total. The third kappa shape index (κ3) is 8.13. The molecule has 1 aromatic carbocycles. The van der Waals surface area contributed by atoms with Crippen molar-refractivity contribution in [3.63, 3.8) is 0 Å². The van der Waals surface area contributed by atoms with Gasteiger partial charge >= 0.3 is 6.03 Å². The summed E-state index contributed by atoms with van der Waals surface area (Å²) in [7, 11) is 0. The summed E-state index contributed by atoms with van der Waals surface area (Å²) in [4.78, 5) is 23.4. The van der Waals surface area contributed by atoms with Gasteiger partial charge in [0.2, 0.25) is 0 Å². The molecule has 0 bridgehead atoms. The number of halogens is 1. The summed E-state index contributed by atoms with van der Waals surface area (Å²) < 4.78 is 1.03. The van der Waals surface area contributed by atoms with E-state index in [1.165, 1.54) is 5.56 Å². The summed E-state index contributed by atoms with van der Waals surface area (Å²) in [5.74, 6) is 0.248. The van der Waals surface area contributed by atoms with Crippen LogP contribution >= 0.6 is 15.9 Å². The van der Waals surface area contributed by atoms with E-state index in [4.69, 9.17) is 0 Å². The summed E-state index contributed by atoms with van der Waals surface area (Å²) in [5.41, 5.74) is 1.17. The molecule has 0 aliphatic heterocycles. The van der Waals surface area contributed by atoms with Crippen LogP contribution in [0.5, 0.6) is 0 Å². The Balaban J connectivity index is 2.35. The lowest BCUT2D eigenvalue weighted by molar-refractivity contribution is -0.686. The topological polar surface area (TPSA) is 74.8 Å². The van der Waals surface area contributed by atoms with E-state index in [9.17, 15) is 9.59 Å². The van der Waals surface area contributed by atoms with E-state index in [-0.39, 0.29) is 18.5 Å². The van der Waals surface area contributed by atoms with Crippen LogP contribution in [0.15, 0.2) is 28.7 Å². The van der Waals surface area contributed by atoms with Gasteiger partial charge in [-0.15, -0.1) is 0 Å². The molecule has 0 unspecified atom stereocenters. The van der Waals surface area contributed by atoms with Crippen LogP contribution in [0.3, 0.4) is 0 Å². The summed E-state index contributed by atoms with van der Waals surface area (Å²) in [6.45, 7) is 7.07. The maximum Gasteiger partial charge on any atom is 0.321 e. The van der Waals surface area contributed by atoms with Gasteiger partial charge in [0.15, 0.2) is 6.54 Å². The average molecular weight is 385 g/mol. The molecule has 0 radical (unpaired) electrons. The van der Waals surface area contributed by atoms with Gasteiger partial charge in [0.1, 0.15) is 6.04 Å². The second kappa shape index (κ2) is 10.4. The van der Waals surface area contributed by atoms with Gasteiger partial charge in [-0.1, -0.05) is 48.8 Å². The van der Waals surface area contributed by atoms with Crippen molar-refractivity contribution >= 4 is 27.9 Å². The van der Waals surface area contributed by atoms with Crippen molar-refractivity contribution in [1.82, 2.24) is 10.6 Å². The first-order chi connectivity index (χ1) is 10.9. The van der Waals surface area contributed by atoms with Crippen molar-refractivity contribution in [3.8, 4) is 0 Å². The Hall–Kier alpha value is -1.40. The highest BCUT2D eigenvalue weighted by atomic mass is 79.9. The van der Waals surface area contributed by atoms with Gasteiger partial charge in [0.25, 0.3) is 5.91 Å². The summed E-state index contributed by atoms with van der Waals surface area (Å²) in [5, 5.41) is 7.02. The zero-order valence-electron chi connectivity index (χ0n) is 14.1. The first-order valence-electron chi connectivity index (χ1n) is 8.08. The first kappa shape index (κ1) is 19.6. The molecule has 4 N–H and O–H groups in total. The van der Waals surface area contributed by atoms with Crippen LogP contribution in [0.2, 0.25) is 0 Å². The molecule has 23 heavy (non-hydrogen) atoms. The van der Waals surface area contributed by atoms with Gasteiger partial charge in [-0.3, -0.25) is 10.1 Å². The molecule has 0 spiro atoms. The lowest BCUT2D eigenvalue weighted by atomic mass is 10.0. The second-order valence-corrected chi connectivity index (χ2v) is 6.91. The van der Waals surface area contributed by atoms with Crippen LogP contribution < -0.4 is 16.0 Å². The van der Waals surface area contributed by atoms with Gasteiger partial charge in [0.05, 0.1) is 0 Å². The van der Waals surface area contributed by atoms with Crippen molar-refractivity contribution in [2.75, 3.05) is 13.1 Å². The molecular formula is C17H27BrN3O2+. The lowest BCUT2D eigenvalue weighted by Crippen LogP contribution is -2.87. The zero-order valence-corrected chi connectivity index (χ0v) is 15.7. The number of quaternary nitrogens is 1. The molecule has 0 fully saturated rings. The monoisotopic (exact) mass is 384 g/mol. The Morgan fingerprint density at radius 2 is 1.87 bits per heavy atom. The van der Waals surface area contributed by atoms with Gasteiger partial charge in [-0.2, -0.15) is 0 Å². The molecule has 0 aliphatic carbocycles. The predicted molar refractivity (Wildman–Crippen MR) is 95.0 cm³/mol. The number of hydrogen-bond donors (Lipinski definition) is 3. The number of nitrogens with one attached hydrogen (secondary N) is 2. The first-order valence-corrected chi connectivity index (χ1v) is 8.88. The molecule has 0 aromatic heterocycles. The van der Waals surface area contributed by atoms with Crippen LogP contribution in [-0.2, 0) is 4.79 Å². The molecule has 1 atom stereocenters. The van der Waals surface area contributed by atoms with E-state index in [0.717, 1.165) is 17.3 Å². The standard InChI is InChI=1S/C17H26BrN3O2/c1-4-15(13-5-7-14(18)8-6-13)20-11-16(22)21-17(23)19-10-9-12(2)3/h5-8,12,15,20H,4,9-11H2,1-3H3,(H2,19,21,22,23)/p+1/t15-/m1/s1. The van der Waals surface area contributed by atoms with Crippen molar-refractivity contribution < 1.29 is 14.9 Å². The smallest absolute Gasteiger partial charge is 0.321 e. The minimum absolute atomic E-state index is 0.206. The number of carbonyl (C=O) groups excluding carboxylic acids is 2. The van der Waals surface area contributed by atoms with Crippen molar-refractivity contribution in [2.45, 2.75) is 39.7 Å². The summed E-state index contributed by atoms with van der Waals surface area (Å²) >= 11 is 3.42. The highest BCUT2D eigenvalue weighted by molar-refractivity contribution is 9.10. The Labute approximate surface area is 146 Å². The highest BCUT2D eigenvalue weighted by Gasteiger charge is 2.15. The third-order valence-corrected chi connectivity index (χ3v) is 4.11. The molecule has 1 aromatic rings. The van der Waals surface area contributed by atoms with Crippen LogP contribution in [0, 0.1) is 5.92 Å². The van der Waals surface area contributed by atoms with E-state index in [1.54, 1.807) is 0 Å². The van der Waals surface area contributed by atoms with E-state index >= 15 is 0 Å². The van der Waals surface area contributed by atoms with Crippen LogP contribution in [0.25, 0.3) is 0 Å². The number of benzene rings is 1. The number of nitrogens with two attached hydrogens (primary N) is 1. The lowest BCUT2D eigenvalue weighted by Gasteiger charge is -2.14. The summed E-state index contributed by atoms with van der Waals surface area (Å²) in [6.07, 6.45) is 1.81. The van der Waals surface area contributed by atoms with E-state index in [2.05, 4.69) is 47.3 Å². The Morgan fingerprint density at radius 1 is 1.22 bits per heavy atom. The fraction of sp³-hybridized carbons (Fsp3) is 0.529.